The molecule has 0 spiro atoms. The zero-order valence-electron chi connectivity index (χ0n) is 10.2. The Kier molecular flexibility index (Phi) is 4.15. The maximum Gasteiger partial charge on any atom is 0.335 e. The first kappa shape index (κ1) is 13.2. The normalized spacial score (nSPS) is 17.8. The Morgan fingerprint density at radius 2 is 2.17 bits per heavy atom. The molecular formula is C9H17N5O3S. The van der Waals surface area contributed by atoms with Gasteiger partial charge in [0.1, 0.15) is 0 Å². The molecular weight excluding hydrogens is 258 g/mol. The molecule has 1 aliphatic heterocycles. The second-order valence-corrected chi connectivity index (χ2v) is 6.00. The SMILES string of the molecule is Cc1noc(NS(=O)(=O)CCN2CCNCC2)n1. The highest BCUT2D eigenvalue weighted by Gasteiger charge is 2.17. The summed E-state index contributed by atoms with van der Waals surface area (Å²) in [6.07, 6.45) is 0. The Hall–Kier alpha value is -1.19. The van der Waals surface area contributed by atoms with Crippen LogP contribution in [0.25, 0.3) is 0 Å². The lowest BCUT2D eigenvalue weighted by Gasteiger charge is -2.26. The fourth-order valence-electron chi connectivity index (χ4n) is 1.71. The van der Waals surface area contributed by atoms with E-state index in [0.717, 1.165) is 26.2 Å². The topological polar surface area (TPSA) is 100 Å². The molecule has 0 aromatic carbocycles. The molecule has 2 heterocycles. The molecule has 1 saturated heterocycles. The molecule has 102 valence electrons. The summed E-state index contributed by atoms with van der Waals surface area (Å²) < 4.78 is 30.5. The third-order valence-corrected chi connectivity index (χ3v) is 3.86. The summed E-state index contributed by atoms with van der Waals surface area (Å²) in [5, 5.41) is 6.73. The Bertz CT molecular complexity index is 480. The van der Waals surface area contributed by atoms with Crippen molar-refractivity contribution in [3.8, 4) is 0 Å². The van der Waals surface area contributed by atoms with Gasteiger partial charge in [0.05, 0.1) is 5.75 Å². The van der Waals surface area contributed by atoms with E-state index < -0.39 is 10.0 Å². The van der Waals surface area contributed by atoms with Gasteiger partial charge in [0.2, 0.25) is 10.0 Å². The van der Waals surface area contributed by atoms with Crippen molar-refractivity contribution >= 4 is 16.0 Å². The summed E-state index contributed by atoms with van der Waals surface area (Å²) in [7, 11) is -3.43. The standard InChI is InChI=1S/C9H17N5O3S/c1-8-11-9(17-12-8)13-18(15,16)7-6-14-4-2-10-3-5-14/h10H,2-7H2,1H3,(H,11,12,13). The van der Waals surface area contributed by atoms with Gasteiger partial charge >= 0.3 is 6.01 Å². The first-order chi connectivity index (χ1) is 8.55. The van der Waals surface area contributed by atoms with E-state index in [2.05, 4.69) is 25.1 Å². The average Bonchev–Trinajstić information content (AvgIpc) is 2.73. The number of nitrogens with one attached hydrogen (secondary N) is 2. The third kappa shape index (κ3) is 3.93. The maximum absolute atomic E-state index is 11.8. The van der Waals surface area contributed by atoms with Crippen molar-refractivity contribution in [1.29, 1.82) is 0 Å². The molecule has 1 aromatic heterocycles. The van der Waals surface area contributed by atoms with Crippen molar-refractivity contribution in [1.82, 2.24) is 20.4 Å². The molecule has 1 aliphatic rings. The highest BCUT2D eigenvalue weighted by Crippen LogP contribution is 2.05. The number of nitrogens with zero attached hydrogens (tertiary/aromatic N) is 3. The van der Waals surface area contributed by atoms with Crippen LogP contribution in [0.15, 0.2) is 4.52 Å². The quantitative estimate of drug-likeness (QED) is 0.712. The summed E-state index contributed by atoms with van der Waals surface area (Å²) in [6.45, 7) is 5.67. The van der Waals surface area contributed by atoms with Crippen LogP contribution >= 0.6 is 0 Å². The van der Waals surface area contributed by atoms with Crippen LogP contribution in [0.5, 0.6) is 0 Å². The molecule has 1 aromatic rings. The van der Waals surface area contributed by atoms with Gasteiger partial charge in [0, 0.05) is 32.7 Å². The second kappa shape index (κ2) is 5.63. The zero-order chi connectivity index (χ0) is 13.0. The van der Waals surface area contributed by atoms with Crippen molar-refractivity contribution in [2.75, 3.05) is 43.2 Å². The molecule has 2 N–H and O–H groups in total. The van der Waals surface area contributed by atoms with Crippen molar-refractivity contribution in [3.05, 3.63) is 5.82 Å². The molecule has 0 atom stereocenters. The molecule has 0 radical (unpaired) electrons. The number of piperazine rings is 1. The van der Waals surface area contributed by atoms with Crippen LogP contribution in [0.1, 0.15) is 5.82 Å². The lowest BCUT2D eigenvalue weighted by Crippen LogP contribution is -2.45. The van der Waals surface area contributed by atoms with E-state index in [9.17, 15) is 8.42 Å². The fourth-order valence-corrected chi connectivity index (χ4v) is 2.66. The van der Waals surface area contributed by atoms with Gasteiger partial charge in [-0.15, -0.1) is 0 Å². The molecule has 9 heteroatoms. The number of sulfonamides is 1. The zero-order valence-corrected chi connectivity index (χ0v) is 11.0. The average molecular weight is 275 g/mol. The van der Waals surface area contributed by atoms with E-state index in [4.69, 9.17) is 4.52 Å². The van der Waals surface area contributed by atoms with Crippen LogP contribution in [0.2, 0.25) is 0 Å². The summed E-state index contributed by atoms with van der Waals surface area (Å²) in [5.41, 5.74) is 0. The molecule has 18 heavy (non-hydrogen) atoms. The van der Waals surface area contributed by atoms with Crippen LogP contribution in [0, 0.1) is 6.92 Å². The Labute approximate surface area is 106 Å². The van der Waals surface area contributed by atoms with Crippen LogP contribution < -0.4 is 10.0 Å². The highest BCUT2D eigenvalue weighted by atomic mass is 32.2. The number of hydrogen-bond acceptors (Lipinski definition) is 7. The van der Waals surface area contributed by atoms with Gasteiger partial charge in [-0.3, -0.25) is 4.90 Å². The van der Waals surface area contributed by atoms with Crippen LogP contribution in [-0.2, 0) is 10.0 Å². The molecule has 0 amide bonds. The molecule has 0 unspecified atom stereocenters. The van der Waals surface area contributed by atoms with Gasteiger partial charge in [-0.05, 0) is 6.92 Å². The van der Waals surface area contributed by atoms with Crippen molar-refractivity contribution in [3.63, 3.8) is 0 Å². The molecule has 8 nitrogen and oxygen atoms in total. The lowest BCUT2D eigenvalue weighted by atomic mass is 10.4. The number of aromatic nitrogens is 2. The van der Waals surface area contributed by atoms with E-state index in [1.165, 1.54) is 0 Å². The first-order valence-electron chi connectivity index (χ1n) is 5.79. The maximum atomic E-state index is 11.8. The Morgan fingerprint density at radius 3 is 2.78 bits per heavy atom. The number of aryl methyl sites for hydroxylation is 1. The summed E-state index contributed by atoms with van der Waals surface area (Å²) in [5.74, 6) is 0.420. The van der Waals surface area contributed by atoms with Gasteiger partial charge in [0.25, 0.3) is 0 Å². The Morgan fingerprint density at radius 1 is 1.44 bits per heavy atom. The van der Waals surface area contributed by atoms with Crippen LogP contribution in [-0.4, -0.2) is 61.9 Å². The first-order valence-corrected chi connectivity index (χ1v) is 7.44. The minimum Gasteiger partial charge on any atom is -0.314 e. The van der Waals surface area contributed by atoms with Crippen molar-refractivity contribution in [2.45, 2.75) is 6.92 Å². The van der Waals surface area contributed by atoms with E-state index in [1.54, 1.807) is 6.92 Å². The second-order valence-electron chi connectivity index (χ2n) is 4.16. The smallest absolute Gasteiger partial charge is 0.314 e. The minimum atomic E-state index is -3.43. The van der Waals surface area contributed by atoms with Gasteiger partial charge < -0.3 is 9.84 Å². The lowest BCUT2D eigenvalue weighted by molar-refractivity contribution is 0.254. The molecule has 0 bridgehead atoms. The molecule has 0 saturated carbocycles. The minimum absolute atomic E-state index is 0.0222. The van der Waals surface area contributed by atoms with E-state index in [0.29, 0.717) is 12.4 Å². The number of anilines is 1. The largest absolute Gasteiger partial charge is 0.335 e. The van der Waals surface area contributed by atoms with Crippen molar-refractivity contribution < 1.29 is 12.9 Å². The van der Waals surface area contributed by atoms with Gasteiger partial charge in [-0.2, -0.15) is 4.98 Å². The van der Waals surface area contributed by atoms with E-state index >= 15 is 0 Å². The summed E-state index contributed by atoms with van der Waals surface area (Å²) >= 11 is 0. The van der Waals surface area contributed by atoms with Crippen LogP contribution in [0.4, 0.5) is 6.01 Å². The third-order valence-electron chi connectivity index (χ3n) is 2.66. The number of hydrogen-bond donors (Lipinski definition) is 2. The van der Waals surface area contributed by atoms with Crippen LogP contribution in [0.3, 0.4) is 0 Å². The predicted octanol–water partition coefficient (Wildman–Crippen LogP) is -0.975. The summed E-state index contributed by atoms with van der Waals surface area (Å²) in [4.78, 5) is 5.90. The Balaban J connectivity index is 1.83. The van der Waals surface area contributed by atoms with E-state index in [1.807, 2.05) is 0 Å². The molecule has 1 fully saturated rings. The summed E-state index contributed by atoms with van der Waals surface area (Å²) in [6, 6.07) is -0.0761. The molecule has 2 rings (SSSR count). The number of rotatable bonds is 5. The van der Waals surface area contributed by atoms with Gasteiger partial charge in [0.15, 0.2) is 5.82 Å². The monoisotopic (exact) mass is 275 g/mol. The van der Waals surface area contributed by atoms with Crippen molar-refractivity contribution in [2.24, 2.45) is 0 Å². The van der Waals surface area contributed by atoms with Gasteiger partial charge in [-0.1, -0.05) is 5.16 Å². The highest BCUT2D eigenvalue weighted by molar-refractivity contribution is 7.92. The predicted molar refractivity (Wildman–Crippen MR) is 65.8 cm³/mol. The van der Waals surface area contributed by atoms with Gasteiger partial charge in [-0.25, -0.2) is 13.1 Å². The fraction of sp³-hybridized carbons (Fsp3) is 0.778. The molecule has 0 aliphatic carbocycles. The van der Waals surface area contributed by atoms with E-state index in [-0.39, 0.29) is 11.8 Å².